The Hall–Kier alpha value is -3.25. The van der Waals surface area contributed by atoms with Crippen LogP contribution in [0.5, 0.6) is 0 Å². The molecule has 3 N–H and O–H groups in total. The number of halogens is 3. The summed E-state index contributed by atoms with van der Waals surface area (Å²) in [5.74, 6) is -0.341. The third-order valence-electron chi connectivity index (χ3n) is 4.53. The van der Waals surface area contributed by atoms with E-state index >= 15 is 0 Å². The Balaban J connectivity index is 1.51. The van der Waals surface area contributed by atoms with E-state index in [9.17, 15) is 18.0 Å². The summed E-state index contributed by atoms with van der Waals surface area (Å²) in [4.78, 5) is 13.6. The highest BCUT2D eigenvalue weighted by molar-refractivity contribution is 7.80. The molecule has 12 heteroatoms. The van der Waals surface area contributed by atoms with Crippen LogP contribution in [-0.4, -0.2) is 34.7 Å². The fraction of sp³-hybridized carbons (Fsp3) is 0.238. The molecule has 0 radical (unpaired) electrons. The van der Waals surface area contributed by atoms with Crippen LogP contribution in [0, 0.1) is 0 Å². The Morgan fingerprint density at radius 1 is 1.06 bits per heavy atom. The van der Waals surface area contributed by atoms with E-state index in [4.69, 9.17) is 12.2 Å². The van der Waals surface area contributed by atoms with Gasteiger partial charge >= 0.3 is 6.18 Å². The lowest BCUT2D eigenvalue weighted by Crippen LogP contribution is -2.34. The molecule has 2 aromatic carbocycles. The van der Waals surface area contributed by atoms with Gasteiger partial charge in [-0.25, -0.2) is 0 Å². The van der Waals surface area contributed by atoms with E-state index in [0.29, 0.717) is 28.6 Å². The zero-order chi connectivity index (χ0) is 24.0. The number of nitrogens with zero attached hydrogens (tertiary/aromatic N) is 3. The normalized spacial score (nSPS) is 11.1. The van der Waals surface area contributed by atoms with Crippen LogP contribution in [0.1, 0.15) is 27.2 Å². The molecule has 1 aromatic heterocycles. The number of benzene rings is 2. The van der Waals surface area contributed by atoms with E-state index in [-0.39, 0.29) is 18.1 Å². The maximum atomic E-state index is 13.2. The average molecular weight is 495 g/mol. The first-order valence-electron chi connectivity index (χ1n) is 9.69. The molecule has 0 bridgehead atoms. The summed E-state index contributed by atoms with van der Waals surface area (Å²) < 4.78 is 43.2. The van der Waals surface area contributed by atoms with Crippen LogP contribution in [0.2, 0.25) is 0 Å². The number of amides is 1. The topological polar surface area (TPSA) is 82.2 Å². The number of carbonyl (C=O) groups excluding carboxylic acids is 1. The number of hydrogen-bond donors (Lipinski definition) is 3. The summed E-state index contributed by atoms with van der Waals surface area (Å²) >= 11 is 6.34. The molecule has 1 heterocycles. The molecule has 0 saturated heterocycles. The third kappa shape index (κ3) is 7.12. The maximum absolute atomic E-state index is 13.2. The van der Waals surface area contributed by atoms with Crippen LogP contribution < -0.4 is 20.9 Å². The SMILES string of the molecule is CN(C)c1cc(CNC(=S)NCc2ccc(NC(=O)c3csnn3)cc2)cc(C(F)(F)F)c1. The summed E-state index contributed by atoms with van der Waals surface area (Å²) in [6, 6.07) is 11.0. The number of thiocarbonyl (C=S) groups is 1. The molecule has 0 aliphatic rings. The van der Waals surface area contributed by atoms with Crippen molar-refractivity contribution in [2.24, 2.45) is 0 Å². The lowest BCUT2D eigenvalue weighted by Gasteiger charge is -2.18. The van der Waals surface area contributed by atoms with Gasteiger partial charge in [0.25, 0.3) is 5.91 Å². The van der Waals surface area contributed by atoms with Gasteiger partial charge in [0.1, 0.15) is 0 Å². The van der Waals surface area contributed by atoms with E-state index in [1.54, 1.807) is 42.6 Å². The van der Waals surface area contributed by atoms with Gasteiger partial charge in [0.2, 0.25) is 0 Å². The van der Waals surface area contributed by atoms with E-state index in [1.807, 2.05) is 12.1 Å². The molecular formula is C21H21F3N6OS2. The molecule has 174 valence electrons. The van der Waals surface area contributed by atoms with Crippen molar-refractivity contribution in [2.75, 3.05) is 24.3 Å². The van der Waals surface area contributed by atoms with Crippen LogP contribution in [0.15, 0.2) is 47.8 Å². The average Bonchev–Trinajstić information content (AvgIpc) is 3.31. The van der Waals surface area contributed by atoms with Gasteiger partial charge in [-0.15, -0.1) is 5.10 Å². The Morgan fingerprint density at radius 2 is 1.73 bits per heavy atom. The Morgan fingerprint density at radius 3 is 2.30 bits per heavy atom. The monoisotopic (exact) mass is 494 g/mol. The minimum atomic E-state index is -4.43. The highest BCUT2D eigenvalue weighted by atomic mass is 32.1. The molecule has 0 aliphatic heterocycles. The first-order valence-corrected chi connectivity index (χ1v) is 10.9. The van der Waals surface area contributed by atoms with Gasteiger partial charge in [0.15, 0.2) is 10.8 Å². The van der Waals surface area contributed by atoms with Gasteiger partial charge in [-0.1, -0.05) is 16.6 Å². The van der Waals surface area contributed by atoms with E-state index in [1.165, 1.54) is 0 Å². The fourth-order valence-electron chi connectivity index (χ4n) is 2.79. The highest BCUT2D eigenvalue weighted by Crippen LogP contribution is 2.32. The Bertz CT molecular complexity index is 1100. The van der Waals surface area contributed by atoms with Crippen molar-refractivity contribution in [2.45, 2.75) is 19.3 Å². The summed E-state index contributed by atoms with van der Waals surface area (Å²) in [6.45, 7) is 0.550. The van der Waals surface area contributed by atoms with E-state index in [0.717, 1.165) is 29.2 Å². The summed E-state index contributed by atoms with van der Waals surface area (Å²) in [5, 5.41) is 14.3. The van der Waals surface area contributed by atoms with Gasteiger partial charge < -0.3 is 20.9 Å². The molecular weight excluding hydrogens is 473 g/mol. The second kappa shape index (κ2) is 10.6. The lowest BCUT2D eigenvalue weighted by molar-refractivity contribution is -0.137. The standard InChI is InChI=1S/C21H21F3N6OS2/c1-30(2)17-8-14(7-15(9-17)21(22,23)24)11-26-20(32)25-10-13-3-5-16(6-4-13)27-19(31)18-12-33-29-28-18/h3-9,12H,10-11H2,1-2H3,(H,27,31)(H2,25,26,32). The van der Waals surface area contributed by atoms with Crippen LogP contribution in [0.3, 0.4) is 0 Å². The van der Waals surface area contributed by atoms with Gasteiger partial charge in [-0.2, -0.15) is 13.2 Å². The summed E-state index contributed by atoms with van der Waals surface area (Å²) in [7, 11) is 3.37. The fourth-order valence-corrected chi connectivity index (χ4v) is 3.37. The molecule has 0 spiro atoms. The maximum Gasteiger partial charge on any atom is 0.416 e. The quantitative estimate of drug-likeness (QED) is 0.428. The molecule has 3 aromatic rings. The van der Waals surface area contributed by atoms with E-state index in [2.05, 4.69) is 25.5 Å². The molecule has 33 heavy (non-hydrogen) atoms. The number of carbonyl (C=O) groups is 1. The predicted molar refractivity (Wildman–Crippen MR) is 126 cm³/mol. The second-order valence-electron chi connectivity index (χ2n) is 7.26. The minimum Gasteiger partial charge on any atom is -0.378 e. The molecule has 7 nitrogen and oxygen atoms in total. The van der Waals surface area contributed by atoms with Crippen LogP contribution in [0.4, 0.5) is 24.5 Å². The largest absolute Gasteiger partial charge is 0.416 e. The predicted octanol–water partition coefficient (Wildman–Crippen LogP) is 4.04. The molecule has 0 aliphatic carbocycles. The molecule has 0 fully saturated rings. The van der Waals surface area contributed by atoms with Gasteiger partial charge in [0, 0.05) is 43.9 Å². The third-order valence-corrected chi connectivity index (χ3v) is 5.33. The van der Waals surface area contributed by atoms with Gasteiger partial charge in [-0.05, 0) is 65.2 Å². The number of alkyl halides is 3. The van der Waals surface area contributed by atoms with Crippen LogP contribution >= 0.6 is 23.8 Å². The Kier molecular flexibility index (Phi) is 7.82. The Labute approximate surface area is 198 Å². The molecule has 0 unspecified atom stereocenters. The van der Waals surface area contributed by atoms with E-state index < -0.39 is 11.7 Å². The van der Waals surface area contributed by atoms with Gasteiger partial charge in [-0.3, -0.25) is 4.79 Å². The second-order valence-corrected chi connectivity index (χ2v) is 8.28. The van der Waals surface area contributed by atoms with Crippen molar-refractivity contribution in [1.82, 2.24) is 20.2 Å². The van der Waals surface area contributed by atoms with Gasteiger partial charge in [0.05, 0.1) is 5.56 Å². The summed E-state index contributed by atoms with van der Waals surface area (Å²) in [6.07, 6.45) is -4.43. The van der Waals surface area contributed by atoms with Crippen molar-refractivity contribution in [3.8, 4) is 0 Å². The van der Waals surface area contributed by atoms with Crippen molar-refractivity contribution in [3.05, 3.63) is 70.2 Å². The smallest absolute Gasteiger partial charge is 0.378 e. The van der Waals surface area contributed by atoms with Crippen molar-refractivity contribution < 1.29 is 18.0 Å². The first-order chi connectivity index (χ1) is 15.6. The van der Waals surface area contributed by atoms with Crippen LogP contribution in [0.25, 0.3) is 0 Å². The number of hydrogen-bond acceptors (Lipinski definition) is 6. The molecule has 0 saturated carbocycles. The lowest BCUT2D eigenvalue weighted by atomic mass is 10.1. The zero-order valence-corrected chi connectivity index (χ0v) is 19.4. The van der Waals surface area contributed by atoms with Crippen molar-refractivity contribution in [1.29, 1.82) is 0 Å². The highest BCUT2D eigenvalue weighted by Gasteiger charge is 2.31. The van der Waals surface area contributed by atoms with Crippen molar-refractivity contribution >= 4 is 46.1 Å². The number of rotatable bonds is 7. The van der Waals surface area contributed by atoms with Crippen molar-refractivity contribution in [3.63, 3.8) is 0 Å². The number of nitrogens with one attached hydrogen (secondary N) is 3. The molecule has 1 amide bonds. The number of anilines is 2. The molecule has 0 atom stereocenters. The first kappa shape index (κ1) is 24.4. The summed E-state index contributed by atoms with van der Waals surface area (Å²) in [5.41, 5.74) is 1.98. The minimum absolute atomic E-state index is 0.146. The number of aromatic nitrogens is 2. The van der Waals surface area contributed by atoms with Crippen LogP contribution in [-0.2, 0) is 19.3 Å². The molecule has 3 rings (SSSR count). The zero-order valence-electron chi connectivity index (χ0n) is 17.7.